The topological polar surface area (TPSA) is 3.88 Å². The fourth-order valence-corrected chi connectivity index (χ4v) is 5.23. The number of pyridine rings is 1. The Morgan fingerprint density at radius 2 is 1.59 bits per heavy atom. The zero-order chi connectivity index (χ0) is 21.6. The van der Waals surface area contributed by atoms with Crippen molar-refractivity contribution in [2.24, 2.45) is 13.0 Å². The van der Waals surface area contributed by atoms with Gasteiger partial charge in [0.1, 0.15) is 7.05 Å². The normalized spacial score (nSPS) is 16.1. The molecule has 0 bridgehead atoms. The first kappa shape index (κ1) is 22.1. The van der Waals surface area contributed by atoms with Crippen LogP contribution in [0.2, 0.25) is 0 Å². The van der Waals surface area contributed by atoms with E-state index in [0.717, 1.165) is 5.92 Å². The van der Waals surface area contributed by atoms with Crippen molar-refractivity contribution in [1.82, 2.24) is 0 Å². The number of hydrogen-bond acceptors (Lipinski definition) is 0. The maximum atomic E-state index is 2.48. The van der Waals surface area contributed by atoms with Gasteiger partial charge in [-0.3, -0.25) is 0 Å². The van der Waals surface area contributed by atoms with Gasteiger partial charge in [-0.25, -0.2) is 4.57 Å². The van der Waals surface area contributed by atoms with Crippen LogP contribution in [0.5, 0.6) is 0 Å². The standard InChI is InChI=1S/C28H42N/c1-19(2)24-17-26(23-15-14-22(16-20(23)3)27(4,5)6)29(9)18-25(24)28(7,8)21-12-10-11-13-21/h14-19,21H,10-13H2,1-9H3/q+1. The maximum absolute atomic E-state index is 2.48. The van der Waals surface area contributed by atoms with Crippen molar-refractivity contribution in [2.75, 3.05) is 0 Å². The number of hydrogen-bond donors (Lipinski definition) is 0. The highest BCUT2D eigenvalue weighted by Gasteiger charge is 2.37. The second kappa shape index (κ2) is 7.89. The Morgan fingerprint density at radius 1 is 0.966 bits per heavy atom. The summed E-state index contributed by atoms with van der Waals surface area (Å²) in [6.07, 6.45) is 8.00. The quantitative estimate of drug-likeness (QED) is 0.478. The SMILES string of the molecule is Cc1cc(C(C)(C)C)ccc1-c1cc(C(C)C)c(C(C)(C)C2CCCC2)c[n+]1C. The predicted octanol–water partition coefficient (Wildman–Crippen LogP) is 7.38. The minimum atomic E-state index is 0.184. The number of benzene rings is 1. The van der Waals surface area contributed by atoms with Gasteiger partial charge in [0.05, 0.1) is 0 Å². The first-order valence-corrected chi connectivity index (χ1v) is 11.6. The van der Waals surface area contributed by atoms with Crippen molar-refractivity contribution in [1.29, 1.82) is 0 Å². The maximum Gasteiger partial charge on any atom is 0.212 e. The molecule has 0 N–H and O–H groups in total. The molecule has 0 unspecified atom stereocenters. The molecule has 1 aliphatic carbocycles. The minimum absolute atomic E-state index is 0.184. The van der Waals surface area contributed by atoms with Crippen molar-refractivity contribution in [2.45, 2.75) is 97.8 Å². The summed E-state index contributed by atoms with van der Waals surface area (Å²) in [6.45, 7) is 18.8. The van der Waals surface area contributed by atoms with Gasteiger partial charge in [0.25, 0.3) is 0 Å². The molecule has 1 heteroatoms. The van der Waals surface area contributed by atoms with E-state index in [4.69, 9.17) is 0 Å². The van der Waals surface area contributed by atoms with Gasteiger partial charge < -0.3 is 0 Å². The second-order valence-electron chi connectivity index (χ2n) is 11.3. The first-order valence-electron chi connectivity index (χ1n) is 11.6. The lowest BCUT2D eigenvalue weighted by Gasteiger charge is -2.34. The van der Waals surface area contributed by atoms with Crippen LogP contribution in [0.25, 0.3) is 11.3 Å². The van der Waals surface area contributed by atoms with Crippen LogP contribution in [0.4, 0.5) is 0 Å². The molecule has 0 radical (unpaired) electrons. The summed E-state index contributed by atoms with van der Waals surface area (Å²) >= 11 is 0. The van der Waals surface area contributed by atoms with Crippen molar-refractivity contribution < 1.29 is 4.57 Å². The third-order valence-electron chi connectivity index (χ3n) is 7.37. The Kier molecular flexibility index (Phi) is 6.01. The number of nitrogens with zero attached hydrogens (tertiary/aromatic N) is 1. The average Bonchev–Trinajstić information content (AvgIpc) is 3.16. The van der Waals surface area contributed by atoms with Crippen LogP contribution < -0.4 is 4.57 Å². The third-order valence-corrected chi connectivity index (χ3v) is 7.37. The molecule has 0 amide bonds. The van der Waals surface area contributed by atoms with Crippen LogP contribution >= 0.6 is 0 Å². The van der Waals surface area contributed by atoms with Gasteiger partial charge in [0, 0.05) is 17.2 Å². The Bertz CT molecular complexity index is 874. The van der Waals surface area contributed by atoms with E-state index in [9.17, 15) is 0 Å². The number of aryl methyl sites for hydroxylation is 2. The molecule has 2 aromatic rings. The Balaban J connectivity index is 2.12. The highest BCUT2D eigenvalue weighted by atomic mass is 14.9. The summed E-state index contributed by atoms with van der Waals surface area (Å²) in [5.74, 6) is 1.33. The van der Waals surface area contributed by atoms with Crippen molar-refractivity contribution in [3.63, 3.8) is 0 Å². The van der Waals surface area contributed by atoms with Gasteiger partial charge in [-0.2, -0.15) is 0 Å². The van der Waals surface area contributed by atoms with Crippen LogP contribution in [-0.2, 0) is 17.9 Å². The molecule has 1 saturated carbocycles. The van der Waals surface area contributed by atoms with Crippen molar-refractivity contribution in [3.05, 3.63) is 52.7 Å². The van der Waals surface area contributed by atoms with E-state index in [2.05, 4.69) is 97.5 Å². The molecule has 0 atom stereocenters. The molecular weight excluding hydrogens is 350 g/mol. The van der Waals surface area contributed by atoms with Gasteiger partial charge in [0.15, 0.2) is 6.20 Å². The molecule has 0 aliphatic heterocycles. The highest BCUT2D eigenvalue weighted by molar-refractivity contribution is 5.63. The smallest absolute Gasteiger partial charge is 0.201 e. The molecule has 1 aliphatic rings. The molecule has 29 heavy (non-hydrogen) atoms. The fourth-order valence-electron chi connectivity index (χ4n) is 5.23. The second-order valence-corrected chi connectivity index (χ2v) is 11.3. The number of rotatable bonds is 4. The van der Waals surface area contributed by atoms with Gasteiger partial charge in [-0.05, 0) is 65.2 Å². The van der Waals surface area contributed by atoms with E-state index >= 15 is 0 Å². The number of aromatic nitrogens is 1. The lowest BCUT2D eigenvalue weighted by Crippen LogP contribution is -2.37. The van der Waals surface area contributed by atoms with Crippen LogP contribution in [0.3, 0.4) is 0 Å². The fraction of sp³-hybridized carbons (Fsp3) is 0.607. The molecule has 1 aromatic carbocycles. The summed E-state index contributed by atoms with van der Waals surface area (Å²) in [5.41, 5.74) is 8.95. The van der Waals surface area contributed by atoms with Gasteiger partial charge in [-0.1, -0.05) is 73.4 Å². The monoisotopic (exact) mass is 392 g/mol. The molecule has 0 saturated heterocycles. The van der Waals surface area contributed by atoms with Crippen LogP contribution in [-0.4, -0.2) is 0 Å². The lowest BCUT2D eigenvalue weighted by molar-refractivity contribution is -0.661. The summed E-state index contributed by atoms with van der Waals surface area (Å²) in [6, 6.07) is 9.50. The average molecular weight is 393 g/mol. The van der Waals surface area contributed by atoms with Gasteiger partial charge in [0.2, 0.25) is 5.69 Å². The van der Waals surface area contributed by atoms with E-state index in [1.807, 2.05) is 0 Å². The highest BCUT2D eigenvalue weighted by Crippen LogP contribution is 2.44. The molecule has 1 heterocycles. The van der Waals surface area contributed by atoms with E-state index in [1.165, 1.54) is 53.6 Å². The van der Waals surface area contributed by atoms with Gasteiger partial charge in [-0.15, -0.1) is 0 Å². The summed E-state index contributed by atoms with van der Waals surface area (Å²) in [7, 11) is 2.23. The van der Waals surface area contributed by atoms with E-state index in [-0.39, 0.29) is 10.8 Å². The minimum Gasteiger partial charge on any atom is -0.201 e. The van der Waals surface area contributed by atoms with Crippen LogP contribution in [0.1, 0.15) is 102 Å². The van der Waals surface area contributed by atoms with Gasteiger partial charge >= 0.3 is 0 Å². The Labute approximate surface area is 179 Å². The van der Waals surface area contributed by atoms with E-state index in [1.54, 1.807) is 5.56 Å². The third kappa shape index (κ3) is 4.30. The molecule has 158 valence electrons. The zero-order valence-electron chi connectivity index (χ0n) is 20.3. The summed E-state index contributed by atoms with van der Waals surface area (Å²) < 4.78 is 2.37. The summed E-state index contributed by atoms with van der Waals surface area (Å²) in [5, 5.41) is 0. The Morgan fingerprint density at radius 3 is 2.10 bits per heavy atom. The van der Waals surface area contributed by atoms with Crippen molar-refractivity contribution in [3.8, 4) is 11.3 Å². The largest absolute Gasteiger partial charge is 0.212 e. The van der Waals surface area contributed by atoms with E-state index < -0.39 is 0 Å². The molecular formula is C28H42N+. The lowest BCUT2D eigenvalue weighted by atomic mass is 9.70. The predicted molar refractivity (Wildman–Crippen MR) is 126 cm³/mol. The van der Waals surface area contributed by atoms with Crippen molar-refractivity contribution >= 4 is 0 Å². The molecule has 1 nitrogen and oxygen atoms in total. The first-order chi connectivity index (χ1) is 13.4. The summed E-state index contributed by atoms with van der Waals surface area (Å²) in [4.78, 5) is 0. The molecule has 1 fully saturated rings. The molecule has 1 aromatic heterocycles. The Hall–Kier alpha value is -1.63. The van der Waals surface area contributed by atoms with Crippen LogP contribution in [0, 0.1) is 12.8 Å². The zero-order valence-corrected chi connectivity index (χ0v) is 20.3. The molecule has 0 spiro atoms. The van der Waals surface area contributed by atoms with E-state index in [0.29, 0.717) is 5.92 Å². The van der Waals surface area contributed by atoms with Crippen LogP contribution in [0.15, 0.2) is 30.5 Å². The molecule has 3 rings (SSSR count).